The fourth-order valence-corrected chi connectivity index (χ4v) is 3.79. The van der Waals surface area contributed by atoms with Crippen LogP contribution in [-0.4, -0.2) is 22.2 Å². The molecule has 1 aromatic heterocycles. The van der Waals surface area contributed by atoms with Gasteiger partial charge in [0.15, 0.2) is 0 Å². The molecule has 2 heterocycles. The molecule has 1 aliphatic carbocycles. The average molecular weight is 323 g/mol. The highest BCUT2D eigenvalue weighted by Crippen LogP contribution is 2.28. The van der Waals surface area contributed by atoms with Crippen LogP contribution in [0.5, 0.6) is 0 Å². The second-order valence-corrected chi connectivity index (χ2v) is 6.65. The maximum absolute atomic E-state index is 13.0. The summed E-state index contributed by atoms with van der Waals surface area (Å²) in [4.78, 5) is 27.2. The molecule has 1 aromatic carbocycles. The Balaban J connectivity index is 1.67. The molecule has 1 unspecified atom stereocenters. The van der Waals surface area contributed by atoms with Crippen molar-refractivity contribution in [1.29, 1.82) is 0 Å². The maximum atomic E-state index is 13.0. The van der Waals surface area contributed by atoms with Crippen LogP contribution >= 0.6 is 0 Å². The fourth-order valence-electron chi connectivity index (χ4n) is 3.79. The van der Waals surface area contributed by atoms with Gasteiger partial charge >= 0.3 is 0 Å². The van der Waals surface area contributed by atoms with Crippen molar-refractivity contribution in [2.24, 2.45) is 0 Å². The van der Waals surface area contributed by atoms with E-state index in [0.29, 0.717) is 6.54 Å². The number of fused-ring (bicyclic) bond motifs is 2. The number of carbonyl (C=O) groups excluding carboxylic acids is 1. The Morgan fingerprint density at radius 3 is 2.79 bits per heavy atom. The molecule has 0 saturated carbocycles. The molecule has 2 aliphatic rings. The zero-order valence-electron chi connectivity index (χ0n) is 13.9. The molecule has 5 heteroatoms. The van der Waals surface area contributed by atoms with E-state index in [4.69, 9.17) is 0 Å². The summed E-state index contributed by atoms with van der Waals surface area (Å²) < 4.78 is 1.36. The lowest BCUT2D eigenvalue weighted by Crippen LogP contribution is -2.42. The first-order valence-electron chi connectivity index (χ1n) is 8.66. The molecule has 124 valence electrons. The topological polar surface area (TPSA) is 55.2 Å². The standard InChI is InChI=1S/C19H21N3O2/c1-13(22-18(23)12-15-7-4-9-16(15)20-22)19(24)21-11-5-8-14-6-2-3-10-17(14)21/h2-3,6,10,12-13H,4-5,7-9,11H2,1H3. The highest BCUT2D eigenvalue weighted by Gasteiger charge is 2.29. The minimum absolute atomic E-state index is 0.0605. The minimum Gasteiger partial charge on any atom is -0.310 e. The van der Waals surface area contributed by atoms with Crippen molar-refractivity contribution < 1.29 is 4.79 Å². The molecule has 0 saturated heterocycles. The number of aryl methyl sites for hydroxylation is 3. The van der Waals surface area contributed by atoms with Gasteiger partial charge in [-0.3, -0.25) is 9.59 Å². The summed E-state index contributed by atoms with van der Waals surface area (Å²) in [6, 6.07) is 9.08. The second-order valence-electron chi connectivity index (χ2n) is 6.65. The van der Waals surface area contributed by atoms with Crippen LogP contribution in [0.25, 0.3) is 0 Å². The van der Waals surface area contributed by atoms with Crippen LogP contribution in [0.2, 0.25) is 0 Å². The van der Waals surface area contributed by atoms with Gasteiger partial charge < -0.3 is 4.90 Å². The minimum atomic E-state index is -0.588. The van der Waals surface area contributed by atoms with E-state index in [-0.39, 0.29) is 11.5 Å². The number of nitrogens with zero attached hydrogens (tertiary/aromatic N) is 3. The summed E-state index contributed by atoms with van der Waals surface area (Å²) in [7, 11) is 0. The number of hydrogen-bond acceptors (Lipinski definition) is 3. The fraction of sp³-hybridized carbons (Fsp3) is 0.421. The van der Waals surface area contributed by atoms with Gasteiger partial charge in [-0.2, -0.15) is 5.10 Å². The van der Waals surface area contributed by atoms with Gasteiger partial charge in [0.05, 0.1) is 5.69 Å². The van der Waals surface area contributed by atoms with Crippen LogP contribution in [-0.2, 0) is 24.1 Å². The lowest BCUT2D eigenvalue weighted by molar-refractivity contribution is -0.121. The summed E-state index contributed by atoms with van der Waals surface area (Å²) >= 11 is 0. The monoisotopic (exact) mass is 323 g/mol. The van der Waals surface area contributed by atoms with Crippen molar-refractivity contribution >= 4 is 11.6 Å². The highest BCUT2D eigenvalue weighted by molar-refractivity contribution is 5.96. The molecule has 1 amide bonds. The number of para-hydroxylation sites is 1. The molecule has 0 bridgehead atoms. The van der Waals surface area contributed by atoms with Crippen LogP contribution < -0.4 is 10.5 Å². The lowest BCUT2D eigenvalue weighted by atomic mass is 10.0. The third-order valence-corrected chi connectivity index (χ3v) is 5.08. The van der Waals surface area contributed by atoms with Crippen LogP contribution in [0, 0.1) is 0 Å². The molecule has 1 aliphatic heterocycles. The molecular weight excluding hydrogens is 302 g/mol. The van der Waals surface area contributed by atoms with Crippen LogP contribution in [0.3, 0.4) is 0 Å². The van der Waals surface area contributed by atoms with Gasteiger partial charge in [-0.25, -0.2) is 4.68 Å². The van der Waals surface area contributed by atoms with E-state index < -0.39 is 6.04 Å². The smallest absolute Gasteiger partial charge is 0.267 e. The van der Waals surface area contributed by atoms with E-state index in [9.17, 15) is 9.59 Å². The summed E-state index contributed by atoms with van der Waals surface area (Å²) in [5, 5.41) is 4.48. The Morgan fingerprint density at radius 2 is 1.92 bits per heavy atom. The molecule has 2 aromatic rings. The van der Waals surface area contributed by atoms with Gasteiger partial charge in [0.2, 0.25) is 0 Å². The van der Waals surface area contributed by atoms with E-state index in [1.54, 1.807) is 13.0 Å². The van der Waals surface area contributed by atoms with Gasteiger partial charge in [0.25, 0.3) is 11.5 Å². The van der Waals surface area contributed by atoms with E-state index >= 15 is 0 Å². The summed E-state index contributed by atoms with van der Waals surface area (Å²) in [5.41, 5.74) is 3.99. The molecular formula is C19H21N3O2. The van der Waals surface area contributed by atoms with E-state index in [1.165, 1.54) is 10.2 Å². The Hall–Kier alpha value is -2.43. The number of anilines is 1. The molecule has 1 atom stereocenters. The van der Waals surface area contributed by atoms with Gasteiger partial charge in [-0.1, -0.05) is 18.2 Å². The van der Waals surface area contributed by atoms with Crippen LogP contribution in [0.15, 0.2) is 35.1 Å². The summed E-state index contributed by atoms with van der Waals surface area (Å²) in [6.07, 6.45) is 4.78. The number of carbonyl (C=O) groups is 1. The molecule has 24 heavy (non-hydrogen) atoms. The van der Waals surface area contributed by atoms with Crippen LogP contribution in [0.1, 0.15) is 42.6 Å². The zero-order chi connectivity index (χ0) is 16.7. The molecule has 0 radical (unpaired) electrons. The third-order valence-electron chi connectivity index (χ3n) is 5.08. The zero-order valence-corrected chi connectivity index (χ0v) is 13.9. The number of hydrogen-bond donors (Lipinski definition) is 0. The van der Waals surface area contributed by atoms with Gasteiger partial charge in [-0.15, -0.1) is 0 Å². The maximum Gasteiger partial charge on any atom is 0.267 e. The van der Waals surface area contributed by atoms with Gasteiger partial charge in [0.1, 0.15) is 6.04 Å². The summed E-state index contributed by atoms with van der Waals surface area (Å²) in [5.74, 6) is -0.0605. The molecule has 0 N–H and O–H groups in total. The van der Waals surface area contributed by atoms with E-state index in [2.05, 4.69) is 11.2 Å². The SMILES string of the molecule is CC(C(=O)N1CCCc2ccccc21)n1nc2c(cc1=O)CCC2. The number of amides is 1. The van der Waals surface area contributed by atoms with E-state index in [0.717, 1.165) is 49.0 Å². The first kappa shape index (κ1) is 15.1. The lowest BCUT2D eigenvalue weighted by Gasteiger charge is -2.31. The second kappa shape index (κ2) is 5.89. The van der Waals surface area contributed by atoms with Gasteiger partial charge in [0, 0.05) is 18.3 Å². The Kier molecular flexibility index (Phi) is 3.71. The normalized spacial score (nSPS) is 17.3. The summed E-state index contributed by atoms with van der Waals surface area (Å²) in [6.45, 7) is 2.47. The Bertz CT molecular complexity index is 856. The first-order valence-corrected chi connectivity index (χ1v) is 8.66. The predicted molar refractivity (Wildman–Crippen MR) is 92.3 cm³/mol. The number of rotatable bonds is 2. The van der Waals surface area contributed by atoms with Crippen molar-refractivity contribution in [1.82, 2.24) is 9.78 Å². The highest BCUT2D eigenvalue weighted by atomic mass is 16.2. The van der Waals surface area contributed by atoms with Crippen molar-refractivity contribution in [3.05, 3.63) is 57.5 Å². The third kappa shape index (κ3) is 2.44. The van der Waals surface area contributed by atoms with Crippen molar-refractivity contribution in [3.63, 3.8) is 0 Å². The number of benzene rings is 1. The largest absolute Gasteiger partial charge is 0.310 e. The molecule has 0 fully saturated rings. The molecule has 0 spiro atoms. The van der Waals surface area contributed by atoms with Gasteiger partial charge in [-0.05, 0) is 56.2 Å². The first-order chi connectivity index (χ1) is 11.6. The van der Waals surface area contributed by atoms with Crippen molar-refractivity contribution in [3.8, 4) is 0 Å². The van der Waals surface area contributed by atoms with Crippen LogP contribution in [0.4, 0.5) is 5.69 Å². The predicted octanol–water partition coefficient (Wildman–Crippen LogP) is 2.27. The molecule has 4 rings (SSSR count). The van der Waals surface area contributed by atoms with Crippen molar-refractivity contribution in [2.45, 2.75) is 45.1 Å². The number of aromatic nitrogens is 2. The van der Waals surface area contributed by atoms with Crippen molar-refractivity contribution in [2.75, 3.05) is 11.4 Å². The Labute approximate surface area is 140 Å². The Morgan fingerprint density at radius 1 is 1.12 bits per heavy atom. The molecule has 5 nitrogen and oxygen atoms in total. The average Bonchev–Trinajstić information content (AvgIpc) is 3.06. The van der Waals surface area contributed by atoms with E-state index in [1.807, 2.05) is 23.1 Å². The quantitative estimate of drug-likeness (QED) is 0.852.